The molecule has 88 valence electrons. The van der Waals surface area contributed by atoms with Gasteiger partial charge in [-0.15, -0.1) is 0 Å². The zero-order chi connectivity index (χ0) is 11.5. The summed E-state index contributed by atoms with van der Waals surface area (Å²) in [6.45, 7) is 0.905. The molecule has 1 aromatic heterocycles. The molecule has 1 aliphatic carbocycles. The van der Waals surface area contributed by atoms with Gasteiger partial charge in [0.15, 0.2) is 0 Å². The summed E-state index contributed by atoms with van der Waals surface area (Å²) < 4.78 is 0. The van der Waals surface area contributed by atoms with Crippen LogP contribution >= 0.6 is 0 Å². The summed E-state index contributed by atoms with van der Waals surface area (Å²) in [5, 5.41) is 0. The van der Waals surface area contributed by atoms with Gasteiger partial charge < -0.3 is 10.6 Å². The van der Waals surface area contributed by atoms with E-state index in [1.807, 2.05) is 6.20 Å². The molecular formula is C13H21N3. The van der Waals surface area contributed by atoms with Crippen molar-refractivity contribution in [2.24, 2.45) is 0 Å². The molecule has 0 amide bonds. The Morgan fingerprint density at radius 1 is 1.38 bits per heavy atom. The number of aromatic nitrogens is 1. The highest BCUT2D eigenvalue weighted by molar-refractivity contribution is 5.46. The predicted octanol–water partition coefficient (Wildman–Crippen LogP) is 2.38. The molecule has 0 aromatic carbocycles. The van der Waals surface area contributed by atoms with E-state index in [1.54, 1.807) is 0 Å². The molecular weight excluding hydrogens is 198 g/mol. The quantitative estimate of drug-likeness (QED) is 0.848. The number of anilines is 1. The van der Waals surface area contributed by atoms with E-state index in [1.165, 1.54) is 31.2 Å². The number of nitrogens with zero attached hydrogens (tertiary/aromatic N) is 2. The number of pyridine rings is 1. The Morgan fingerprint density at radius 3 is 2.62 bits per heavy atom. The van der Waals surface area contributed by atoms with Gasteiger partial charge in [-0.25, -0.2) is 0 Å². The molecule has 0 aliphatic heterocycles. The lowest BCUT2D eigenvalue weighted by molar-refractivity contribution is 0.402. The van der Waals surface area contributed by atoms with E-state index in [4.69, 9.17) is 5.73 Å². The largest absolute Gasteiger partial charge is 0.397 e. The summed E-state index contributed by atoms with van der Waals surface area (Å²) in [6, 6.07) is 2.08. The third-order valence-corrected chi connectivity index (χ3v) is 3.25. The van der Waals surface area contributed by atoms with E-state index in [9.17, 15) is 0 Å². The van der Waals surface area contributed by atoms with Crippen molar-refractivity contribution < 1.29 is 0 Å². The predicted molar refractivity (Wildman–Crippen MR) is 67.2 cm³/mol. The topological polar surface area (TPSA) is 42.2 Å². The van der Waals surface area contributed by atoms with Crippen molar-refractivity contribution in [2.45, 2.75) is 38.1 Å². The SMILES string of the molecule is CN(C)Cc1cnc(C2CCCC2)c(N)c1. The first-order chi connectivity index (χ1) is 7.66. The van der Waals surface area contributed by atoms with Gasteiger partial charge in [0.25, 0.3) is 0 Å². The van der Waals surface area contributed by atoms with Crippen LogP contribution in [0.2, 0.25) is 0 Å². The summed E-state index contributed by atoms with van der Waals surface area (Å²) in [5.74, 6) is 0.605. The molecule has 1 saturated carbocycles. The fraction of sp³-hybridized carbons (Fsp3) is 0.615. The minimum absolute atomic E-state index is 0.605. The Morgan fingerprint density at radius 2 is 2.06 bits per heavy atom. The average Bonchev–Trinajstić information content (AvgIpc) is 2.69. The molecule has 2 rings (SSSR count). The summed E-state index contributed by atoms with van der Waals surface area (Å²) in [4.78, 5) is 6.69. The smallest absolute Gasteiger partial charge is 0.0663 e. The Balaban J connectivity index is 2.15. The van der Waals surface area contributed by atoms with Crippen LogP contribution in [0, 0.1) is 0 Å². The molecule has 16 heavy (non-hydrogen) atoms. The molecule has 3 heteroatoms. The van der Waals surface area contributed by atoms with Gasteiger partial charge in [-0.05, 0) is 38.6 Å². The third kappa shape index (κ3) is 2.53. The van der Waals surface area contributed by atoms with Crippen LogP contribution in [0.4, 0.5) is 5.69 Å². The summed E-state index contributed by atoms with van der Waals surface area (Å²) in [6.07, 6.45) is 7.13. The Labute approximate surface area is 97.7 Å². The number of hydrogen-bond acceptors (Lipinski definition) is 3. The molecule has 1 aliphatic rings. The number of rotatable bonds is 3. The van der Waals surface area contributed by atoms with E-state index >= 15 is 0 Å². The van der Waals surface area contributed by atoms with E-state index in [0.29, 0.717) is 5.92 Å². The highest BCUT2D eigenvalue weighted by Gasteiger charge is 2.20. The van der Waals surface area contributed by atoms with Crippen molar-refractivity contribution in [1.29, 1.82) is 0 Å². The maximum absolute atomic E-state index is 6.10. The standard InChI is InChI=1S/C13H21N3/c1-16(2)9-10-7-12(14)13(15-8-10)11-5-3-4-6-11/h7-8,11H,3-6,9,14H2,1-2H3. The van der Waals surface area contributed by atoms with E-state index in [-0.39, 0.29) is 0 Å². The first kappa shape index (κ1) is 11.4. The van der Waals surface area contributed by atoms with Crippen LogP contribution < -0.4 is 5.73 Å². The fourth-order valence-electron chi connectivity index (χ4n) is 2.53. The maximum Gasteiger partial charge on any atom is 0.0663 e. The molecule has 0 unspecified atom stereocenters. The molecule has 0 atom stereocenters. The Hall–Kier alpha value is -1.09. The lowest BCUT2D eigenvalue weighted by atomic mass is 10.0. The summed E-state index contributed by atoms with van der Waals surface area (Å²) in [7, 11) is 4.11. The van der Waals surface area contributed by atoms with Crippen molar-refractivity contribution in [2.75, 3.05) is 19.8 Å². The van der Waals surface area contributed by atoms with Gasteiger partial charge in [0.05, 0.1) is 11.4 Å². The second kappa shape index (κ2) is 4.83. The molecule has 3 nitrogen and oxygen atoms in total. The Bertz CT molecular complexity index is 354. The van der Waals surface area contributed by atoms with Gasteiger partial charge in [0.2, 0.25) is 0 Å². The lowest BCUT2D eigenvalue weighted by Crippen LogP contribution is -2.12. The molecule has 0 bridgehead atoms. The van der Waals surface area contributed by atoms with Gasteiger partial charge in [-0.1, -0.05) is 12.8 Å². The Kier molecular flexibility index (Phi) is 3.44. The molecule has 1 aromatic rings. The molecule has 1 heterocycles. The van der Waals surface area contributed by atoms with E-state index in [0.717, 1.165) is 17.9 Å². The first-order valence-electron chi connectivity index (χ1n) is 6.06. The van der Waals surface area contributed by atoms with Crippen LogP contribution in [0.15, 0.2) is 12.3 Å². The zero-order valence-electron chi connectivity index (χ0n) is 10.2. The van der Waals surface area contributed by atoms with Crippen molar-refractivity contribution in [1.82, 2.24) is 9.88 Å². The van der Waals surface area contributed by atoms with Crippen molar-refractivity contribution in [3.63, 3.8) is 0 Å². The van der Waals surface area contributed by atoms with Crippen molar-refractivity contribution >= 4 is 5.69 Å². The van der Waals surface area contributed by atoms with Gasteiger partial charge in [-0.3, -0.25) is 4.98 Å². The normalized spacial score (nSPS) is 17.2. The highest BCUT2D eigenvalue weighted by Crippen LogP contribution is 2.35. The van der Waals surface area contributed by atoms with Gasteiger partial charge >= 0.3 is 0 Å². The minimum atomic E-state index is 0.605. The van der Waals surface area contributed by atoms with E-state index in [2.05, 4.69) is 30.0 Å². The van der Waals surface area contributed by atoms with Crippen LogP contribution in [0.25, 0.3) is 0 Å². The minimum Gasteiger partial charge on any atom is -0.397 e. The van der Waals surface area contributed by atoms with Gasteiger partial charge in [0.1, 0.15) is 0 Å². The molecule has 2 N–H and O–H groups in total. The van der Waals surface area contributed by atoms with E-state index < -0.39 is 0 Å². The van der Waals surface area contributed by atoms with Crippen LogP contribution in [-0.2, 0) is 6.54 Å². The van der Waals surface area contributed by atoms with Gasteiger partial charge in [0, 0.05) is 18.7 Å². The summed E-state index contributed by atoms with van der Waals surface area (Å²) in [5.41, 5.74) is 9.30. The molecule has 0 saturated heterocycles. The fourth-order valence-corrected chi connectivity index (χ4v) is 2.53. The number of nitrogens with two attached hydrogens (primary N) is 1. The van der Waals surface area contributed by atoms with Crippen LogP contribution in [0.3, 0.4) is 0 Å². The number of nitrogen functional groups attached to an aromatic ring is 1. The average molecular weight is 219 g/mol. The van der Waals surface area contributed by atoms with Gasteiger partial charge in [-0.2, -0.15) is 0 Å². The molecule has 0 spiro atoms. The van der Waals surface area contributed by atoms with Crippen LogP contribution in [0.5, 0.6) is 0 Å². The third-order valence-electron chi connectivity index (χ3n) is 3.25. The van der Waals surface area contributed by atoms with Crippen molar-refractivity contribution in [3.8, 4) is 0 Å². The molecule has 0 radical (unpaired) electrons. The maximum atomic E-state index is 6.10. The van der Waals surface area contributed by atoms with Crippen molar-refractivity contribution in [3.05, 3.63) is 23.5 Å². The highest BCUT2D eigenvalue weighted by atomic mass is 15.0. The second-order valence-corrected chi connectivity index (χ2v) is 5.04. The molecule has 1 fully saturated rings. The number of hydrogen-bond donors (Lipinski definition) is 1. The van der Waals surface area contributed by atoms with Crippen LogP contribution in [0.1, 0.15) is 42.9 Å². The summed E-state index contributed by atoms with van der Waals surface area (Å²) >= 11 is 0. The first-order valence-corrected chi connectivity index (χ1v) is 6.06. The van der Waals surface area contributed by atoms with Crippen LogP contribution in [-0.4, -0.2) is 24.0 Å². The zero-order valence-corrected chi connectivity index (χ0v) is 10.2. The lowest BCUT2D eigenvalue weighted by Gasteiger charge is -2.14. The second-order valence-electron chi connectivity index (χ2n) is 5.04. The monoisotopic (exact) mass is 219 g/mol.